The first-order valence-electron chi connectivity index (χ1n) is 9.20. The van der Waals surface area contributed by atoms with Crippen LogP contribution in [0.1, 0.15) is 61.6 Å². The summed E-state index contributed by atoms with van der Waals surface area (Å²) in [5.41, 5.74) is 3.39. The lowest BCUT2D eigenvalue weighted by atomic mass is 10.0. The summed E-state index contributed by atoms with van der Waals surface area (Å²) in [6.45, 7) is 5.57. The average Bonchev–Trinajstić information content (AvgIpc) is 3.24. The van der Waals surface area contributed by atoms with Crippen LogP contribution in [0, 0.1) is 13.8 Å². The maximum absolute atomic E-state index is 12.0. The third-order valence-corrected chi connectivity index (χ3v) is 5.42. The van der Waals surface area contributed by atoms with Gasteiger partial charge in [-0.2, -0.15) is 5.10 Å². The molecule has 0 spiro atoms. The highest BCUT2D eigenvalue weighted by Crippen LogP contribution is 2.33. The molecule has 0 aromatic carbocycles. The number of nitrogens with zero attached hydrogens (tertiary/aromatic N) is 2. The van der Waals surface area contributed by atoms with Crippen LogP contribution < -0.4 is 10.6 Å². The molecule has 3 rings (SSSR count). The fourth-order valence-electron chi connectivity index (χ4n) is 4.03. The van der Waals surface area contributed by atoms with Gasteiger partial charge in [-0.1, -0.05) is 12.8 Å². The van der Waals surface area contributed by atoms with Crippen LogP contribution in [0.5, 0.6) is 0 Å². The average molecular weight is 334 g/mol. The molecular formula is C18H30N4O2. The van der Waals surface area contributed by atoms with E-state index in [1.807, 2.05) is 18.7 Å². The molecule has 24 heavy (non-hydrogen) atoms. The SMILES string of the molecule is Cc1nn(C)c(C)c1[C@H]1OCC[C@@H]1NCCC(=O)NC1CCCC1. The Morgan fingerprint density at radius 2 is 2.04 bits per heavy atom. The van der Waals surface area contributed by atoms with Gasteiger partial charge in [-0.3, -0.25) is 9.48 Å². The molecule has 2 atom stereocenters. The van der Waals surface area contributed by atoms with Crippen molar-refractivity contribution in [2.24, 2.45) is 7.05 Å². The number of aromatic nitrogens is 2. The molecule has 6 nitrogen and oxygen atoms in total. The van der Waals surface area contributed by atoms with Crippen LogP contribution >= 0.6 is 0 Å². The number of carbonyl (C=O) groups is 1. The minimum atomic E-state index is 0.0385. The number of carbonyl (C=O) groups excluding carboxylic acids is 1. The Balaban J connectivity index is 1.50. The first-order chi connectivity index (χ1) is 11.6. The van der Waals surface area contributed by atoms with Gasteiger partial charge in [0, 0.05) is 50.0 Å². The summed E-state index contributed by atoms with van der Waals surface area (Å²) < 4.78 is 7.89. The predicted octanol–water partition coefficient (Wildman–Crippen LogP) is 1.91. The Kier molecular flexibility index (Phi) is 5.56. The molecule has 2 aliphatic rings. The second kappa shape index (κ2) is 7.66. The van der Waals surface area contributed by atoms with Crippen molar-refractivity contribution in [3.05, 3.63) is 17.0 Å². The summed E-state index contributed by atoms with van der Waals surface area (Å²) in [6, 6.07) is 0.659. The van der Waals surface area contributed by atoms with E-state index in [9.17, 15) is 4.79 Å². The molecule has 6 heteroatoms. The molecule has 134 valence electrons. The maximum Gasteiger partial charge on any atom is 0.221 e. The molecule has 1 aromatic rings. The van der Waals surface area contributed by atoms with Gasteiger partial charge < -0.3 is 15.4 Å². The molecule has 1 aromatic heterocycles. The van der Waals surface area contributed by atoms with Gasteiger partial charge in [0.25, 0.3) is 0 Å². The first kappa shape index (κ1) is 17.4. The minimum absolute atomic E-state index is 0.0385. The van der Waals surface area contributed by atoms with Gasteiger partial charge in [-0.05, 0) is 33.1 Å². The van der Waals surface area contributed by atoms with Crippen LogP contribution in [0.3, 0.4) is 0 Å². The van der Waals surface area contributed by atoms with Crippen LogP contribution in [-0.4, -0.2) is 40.9 Å². The monoisotopic (exact) mass is 334 g/mol. The van der Waals surface area contributed by atoms with Crippen LogP contribution in [0.2, 0.25) is 0 Å². The Hall–Kier alpha value is -1.40. The summed E-state index contributed by atoms with van der Waals surface area (Å²) in [5, 5.41) is 11.2. The lowest BCUT2D eigenvalue weighted by Gasteiger charge is -2.21. The van der Waals surface area contributed by atoms with Crippen molar-refractivity contribution in [2.75, 3.05) is 13.2 Å². The molecule has 0 unspecified atom stereocenters. The van der Waals surface area contributed by atoms with E-state index < -0.39 is 0 Å². The van der Waals surface area contributed by atoms with Crippen molar-refractivity contribution < 1.29 is 9.53 Å². The van der Waals surface area contributed by atoms with Crippen molar-refractivity contribution in [3.8, 4) is 0 Å². The molecule has 2 N–H and O–H groups in total. The van der Waals surface area contributed by atoms with Crippen LogP contribution in [0.4, 0.5) is 0 Å². The van der Waals surface area contributed by atoms with Gasteiger partial charge in [0.1, 0.15) is 6.10 Å². The summed E-state index contributed by atoms with van der Waals surface area (Å²) in [4.78, 5) is 12.0. The van der Waals surface area contributed by atoms with Crippen LogP contribution in [0.25, 0.3) is 0 Å². The van der Waals surface area contributed by atoms with E-state index in [4.69, 9.17) is 4.74 Å². The zero-order chi connectivity index (χ0) is 17.1. The second-order valence-corrected chi connectivity index (χ2v) is 7.15. The van der Waals surface area contributed by atoms with Gasteiger partial charge in [0.05, 0.1) is 5.69 Å². The quantitative estimate of drug-likeness (QED) is 0.834. The zero-order valence-electron chi connectivity index (χ0n) is 15.1. The molecule has 1 saturated carbocycles. The molecule has 1 aliphatic carbocycles. The van der Waals surface area contributed by atoms with E-state index in [0.29, 0.717) is 19.0 Å². The number of hydrogen-bond acceptors (Lipinski definition) is 4. The zero-order valence-corrected chi connectivity index (χ0v) is 15.1. The summed E-state index contributed by atoms with van der Waals surface area (Å²) in [5.74, 6) is 0.165. The lowest BCUT2D eigenvalue weighted by Crippen LogP contribution is -2.38. The van der Waals surface area contributed by atoms with Crippen molar-refractivity contribution >= 4 is 5.91 Å². The molecule has 1 aliphatic heterocycles. The van der Waals surface area contributed by atoms with E-state index in [1.54, 1.807) is 0 Å². The van der Waals surface area contributed by atoms with Crippen molar-refractivity contribution in [1.29, 1.82) is 0 Å². The molecule has 1 amide bonds. The number of hydrogen-bond donors (Lipinski definition) is 2. The van der Waals surface area contributed by atoms with Gasteiger partial charge >= 0.3 is 0 Å². The Morgan fingerprint density at radius 1 is 1.29 bits per heavy atom. The van der Waals surface area contributed by atoms with Crippen LogP contribution in [-0.2, 0) is 16.6 Å². The number of rotatable bonds is 6. The standard InChI is InChI=1S/C18H30N4O2/c1-12-17(13(2)22(3)21-12)18-15(9-11-24-18)19-10-8-16(23)20-14-6-4-5-7-14/h14-15,18-19H,4-11H2,1-3H3,(H,20,23)/t15-,18-/m0/s1. The van der Waals surface area contributed by atoms with Crippen molar-refractivity contribution in [3.63, 3.8) is 0 Å². The maximum atomic E-state index is 12.0. The Bertz CT molecular complexity index is 578. The van der Waals surface area contributed by atoms with E-state index in [0.717, 1.165) is 37.3 Å². The van der Waals surface area contributed by atoms with E-state index in [1.165, 1.54) is 18.4 Å². The number of amides is 1. The van der Waals surface area contributed by atoms with Crippen LogP contribution in [0.15, 0.2) is 0 Å². The fourth-order valence-corrected chi connectivity index (χ4v) is 4.03. The molecule has 0 radical (unpaired) electrons. The number of nitrogens with one attached hydrogen (secondary N) is 2. The topological polar surface area (TPSA) is 68.2 Å². The normalized spacial score (nSPS) is 24.6. The Labute approximate surface area is 144 Å². The minimum Gasteiger partial charge on any atom is -0.372 e. The second-order valence-electron chi connectivity index (χ2n) is 7.15. The lowest BCUT2D eigenvalue weighted by molar-refractivity contribution is -0.121. The van der Waals surface area contributed by atoms with E-state index in [-0.39, 0.29) is 18.1 Å². The number of ether oxygens (including phenoxy) is 1. The predicted molar refractivity (Wildman–Crippen MR) is 92.8 cm³/mol. The highest BCUT2D eigenvalue weighted by molar-refractivity contribution is 5.76. The van der Waals surface area contributed by atoms with Gasteiger partial charge in [0.15, 0.2) is 0 Å². The molecular weight excluding hydrogens is 304 g/mol. The number of aryl methyl sites for hydroxylation is 2. The van der Waals surface area contributed by atoms with Crippen molar-refractivity contribution in [2.45, 2.75) is 70.6 Å². The largest absolute Gasteiger partial charge is 0.372 e. The highest BCUT2D eigenvalue weighted by atomic mass is 16.5. The van der Waals surface area contributed by atoms with Gasteiger partial charge in [0.2, 0.25) is 5.91 Å². The smallest absolute Gasteiger partial charge is 0.221 e. The highest BCUT2D eigenvalue weighted by Gasteiger charge is 2.33. The summed E-state index contributed by atoms with van der Waals surface area (Å²) in [6.07, 6.45) is 6.31. The van der Waals surface area contributed by atoms with Crippen molar-refractivity contribution in [1.82, 2.24) is 20.4 Å². The first-order valence-corrected chi connectivity index (χ1v) is 9.20. The fraction of sp³-hybridized carbons (Fsp3) is 0.778. The van der Waals surface area contributed by atoms with E-state index >= 15 is 0 Å². The molecule has 0 bridgehead atoms. The molecule has 1 saturated heterocycles. The Morgan fingerprint density at radius 3 is 2.71 bits per heavy atom. The summed E-state index contributed by atoms with van der Waals surface area (Å²) in [7, 11) is 1.97. The third kappa shape index (κ3) is 3.81. The third-order valence-electron chi connectivity index (χ3n) is 5.42. The summed E-state index contributed by atoms with van der Waals surface area (Å²) >= 11 is 0. The molecule has 2 fully saturated rings. The van der Waals surface area contributed by atoms with Gasteiger partial charge in [-0.15, -0.1) is 0 Å². The van der Waals surface area contributed by atoms with Gasteiger partial charge in [-0.25, -0.2) is 0 Å². The van der Waals surface area contributed by atoms with E-state index in [2.05, 4.69) is 22.7 Å². The molecule has 2 heterocycles.